The Hall–Kier alpha value is -1.31. The fraction of sp³-hybridized carbons (Fsp3) is 0.667. The van der Waals surface area contributed by atoms with E-state index in [1.54, 1.807) is 6.92 Å². The fourth-order valence-electron chi connectivity index (χ4n) is 2.37. The number of unbranched alkanes of at least 4 members (excludes halogenated alkanes) is 6. The molecule has 0 rings (SSSR count). The molecule has 132 valence electrons. The lowest BCUT2D eigenvalue weighted by Crippen LogP contribution is -2.08. The van der Waals surface area contributed by atoms with Gasteiger partial charge in [0.15, 0.2) is 0 Å². The molecule has 2 nitrogen and oxygen atoms in total. The second-order valence-corrected chi connectivity index (χ2v) is 6.23. The molecule has 0 aliphatic carbocycles. The lowest BCUT2D eigenvalue weighted by Gasteiger charge is -2.05. The van der Waals surface area contributed by atoms with E-state index in [9.17, 15) is 4.79 Å². The Morgan fingerprint density at radius 2 is 1.35 bits per heavy atom. The molecule has 0 aliphatic rings. The van der Waals surface area contributed by atoms with Crippen molar-refractivity contribution in [1.29, 1.82) is 0 Å². The lowest BCUT2D eigenvalue weighted by atomic mass is 10.0. The summed E-state index contributed by atoms with van der Waals surface area (Å²) < 4.78 is 0. The maximum absolute atomic E-state index is 10.7. The lowest BCUT2D eigenvalue weighted by molar-refractivity contribution is -0.141. The molecule has 0 spiro atoms. The van der Waals surface area contributed by atoms with Gasteiger partial charge < -0.3 is 5.11 Å². The fourth-order valence-corrected chi connectivity index (χ4v) is 2.37. The minimum atomic E-state index is -0.663. The highest BCUT2D eigenvalue weighted by atomic mass is 16.4. The van der Waals surface area contributed by atoms with E-state index < -0.39 is 5.97 Å². The molecule has 0 aliphatic heterocycles. The van der Waals surface area contributed by atoms with Crippen LogP contribution in [0.2, 0.25) is 0 Å². The standard InChI is InChI=1S/C21H36O2/c1-3-4-5-6-7-8-9-10-11-12-13-14-15-16-17-18-19-20(2)21(22)23/h4-5,7-8,10-11,20H,3,6,9,12-19H2,1-2H3,(H,22,23)/b5-4+,8-7+,11-10+. The Kier molecular flexibility index (Phi) is 16.1. The molecule has 0 heterocycles. The molecule has 2 heteroatoms. The van der Waals surface area contributed by atoms with E-state index in [4.69, 9.17) is 5.11 Å². The molecule has 1 unspecified atom stereocenters. The zero-order valence-corrected chi connectivity index (χ0v) is 15.2. The van der Waals surface area contributed by atoms with Crippen LogP contribution in [0.3, 0.4) is 0 Å². The molecule has 0 saturated heterocycles. The first kappa shape index (κ1) is 21.7. The SMILES string of the molecule is CC/C=C/C/C=C/C/C=C/CCCCCCCCC(C)C(=O)O. The average Bonchev–Trinajstić information content (AvgIpc) is 2.54. The summed E-state index contributed by atoms with van der Waals surface area (Å²) in [7, 11) is 0. The van der Waals surface area contributed by atoms with Crippen LogP contribution in [0.25, 0.3) is 0 Å². The highest BCUT2D eigenvalue weighted by molar-refractivity contribution is 5.69. The van der Waals surface area contributed by atoms with Gasteiger partial charge >= 0.3 is 5.97 Å². The van der Waals surface area contributed by atoms with Gasteiger partial charge in [0.25, 0.3) is 0 Å². The summed E-state index contributed by atoms with van der Waals surface area (Å²) in [6, 6.07) is 0. The van der Waals surface area contributed by atoms with Crippen molar-refractivity contribution in [2.24, 2.45) is 5.92 Å². The first-order valence-electron chi connectivity index (χ1n) is 9.36. The van der Waals surface area contributed by atoms with Crippen molar-refractivity contribution >= 4 is 5.97 Å². The predicted octanol–water partition coefficient (Wildman–Crippen LogP) is 6.69. The molecule has 0 bridgehead atoms. The topological polar surface area (TPSA) is 37.3 Å². The summed E-state index contributed by atoms with van der Waals surface area (Å²) >= 11 is 0. The molecule has 1 N–H and O–H groups in total. The molecule has 0 saturated carbocycles. The van der Waals surface area contributed by atoms with Crippen molar-refractivity contribution in [3.05, 3.63) is 36.5 Å². The number of carbonyl (C=O) groups is 1. The highest BCUT2D eigenvalue weighted by Crippen LogP contribution is 2.12. The van der Waals surface area contributed by atoms with Crippen molar-refractivity contribution in [3.63, 3.8) is 0 Å². The summed E-state index contributed by atoms with van der Waals surface area (Å²) in [5.74, 6) is -0.846. The normalized spacial score (nSPS) is 13.5. The van der Waals surface area contributed by atoms with E-state index in [-0.39, 0.29) is 5.92 Å². The van der Waals surface area contributed by atoms with Crippen molar-refractivity contribution in [3.8, 4) is 0 Å². The van der Waals surface area contributed by atoms with Gasteiger partial charge in [0.1, 0.15) is 0 Å². The molecule has 0 amide bonds. The predicted molar refractivity (Wildman–Crippen MR) is 101 cm³/mol. The molecule has 0 radical (unpaired) electrons. The molecule has 0 fully saturated rings. The molecular weight excluding hydrogens is 284 g/mol. The van der Waals surface area contributed by atoms with Gasteiger partial charge in [0.05, 0.1) is 5.92 Å². The second-order valence-electron chi connectivity index (χ2n) is 6.23. The zero-order valence-electron chi connectivity index (χ0n) is 15.2. The van der Waals surface area contributed by atoms with Crippen molar-refractivity contribution in [2.45, 2.75) is 84.5 Å². The Labute approximate surface area is 143 Å². The van der Waals surface area contributed by atoms with E-state index in [1.807, 2.05) is 0 Å². The number of aliphatic carboxylic acids is 1. The Morgan fingerprint density at radius 3 is 1.96 bits per heavy atom. The number of carboxylic acids is 1. The van der Waals surface area contributed by atoms with Gasteiger partial charge in [0, 0.05) is 0 Å². The average molecular weight is 321 g/mol. The summed E-state index contributed by atoms with van der Waals surface area (Å²) in [5.41, 5.74) is 0. The number of rotatable bonds is 15. The molecule has 1 atom stereocenters. The van der Waals surface area contributed by atoms with Gasteiger partial charge in [-0.15, -0.1) is 0 Å². The van der Waals surface area contributed by atoms with Crippen molar-refractivity contribution in [2.75, 3.05) is 0 Å². The summed E-state index contributed by atoms with van der Waals surface area (Å²) in [4.78, 5) is 10.7. The third kappa shape index (κ3) is 16.9. The van der Waals surface area contributed by atoms with Crippen LogP contribution in [0.5, 0.6) is 0 Å². The van der Waals surface area contributed by atoms with Gasteiger partial charge in [-0.2, -0.15) is 0 Å². The van der Waals surface area contributed by atoms with Crippen LogP contribution >= 0.6 is 0 Å². The monoisotopic (exact) mass is 320 g/mol. The quantitative estimate of drug-likeness (QED) is 0.270. The molecular formula is C21H36O2. The van der Waals surface area contributed by atoms with Gasteiger partial charge in [-0.1, -0.05) is 82.4 Å². The van der Waals surface area contributed by atoms with E-state index in [0.717, 1.165) is 32.1 Å². The summed E-state index contributed by atoms with van der Waals surface area (Å²) in [5, 5.41) is 8.79. The Bertz CT molecular complexity index is 353. The molecule has 0 aromatic rings. The Morgan fingerprint density at radius 1 is 0.826 bits per heavy atom. The first-order valence-corrected chi connectivity index (χ1v) is 9.36. The summed E-state index contributed by atoms with van der Waals surface area (Å²) in [6.07, 6.45) is 25.9. The van der Waals surface area contributed by atoms with Crippen LogP contribution in [0, 0.1) is 5.92 Å². The number of carboxylic acid groups (broad SMARTS) is 1. The van der Waals surface area contributed by atoms with Crippen LogP contribution in [-0.2, 0) is 4.79 Å². The number of allylic oxidation sites excluding steroid dienone is 6. The molecule has 0 aromatic heterocycles. The third-order valence-electron chi connectivity index (χ3n) is 3.96. The smallest absolute Gasteiger partial charge is 0.306 e. The third-order valence-corrected chi connectivity index (χ3v) is 3.96. The minimum Gasteiger partial charge on any atom is -0.481 e. The Balaban J connectivity index is 3.28. The van der Waals surface area contributed by atoms with Gasteiger partial charge in [-0.25, -0.2) is 0 Å². The van der Waals surface area contributed by atoms with Crippen molar-refractivity contribution < 1.29 is 9.90 Å². The van der Waals surface area contributed by atoms with Crippen molar-refractivity contribution in [1.82, 2.24) is 0 Å². The van der Waals surface area contributed by atoms with E-state index in [1.165, 1.54) is 38.5 Å². The van der Waals surface area contributed by atoms with Crippen LogP contribution in [0.4, 0.5) is 0 Å². The van der Waals surface area contributed by atoms with Gasteiger partial charge in [-0.3, -0.25) is 4.79 Å². The second kappa shape index (κ2) is 17.1. The maximum Gasteiger partial charge on any atom is 0.306 e. The number of hydrogen-bond acceptors (Lipinski definition) is 1. The summed E-state index contributed by atoms with van der Waals surface area (Å²) in [6.45, 7) is 3.95. The minimum absolute atomic E-state index is 0.183. The zero-order chi connectivity index (χ0) is 17.2. The first-order chi connectivity index (χ1) is 11.2. The maximum atomic E-state index is 10.7. The molecule has 0 aromatic carbocycles. The van der Waals surface area contributed by atoms with Gasteiger partial charge in [0.2, 0.25) is 0 Å². The van der Waals surface area contributed by atoms with E-state index >= 15 is 0 Å². The van der Waals surface area contributed by atoms with E-state index in [2.05, 4.69) is 43.4 Å². The molecule has 23 heavy (non-hydrogen) atoms. The highest BCUT2D eigenvalue weighted by Gasteiger charge is 2.09. The van der Waals surface area contributed by atoms with E-state index in [0.29, 0.717) is 0 Å². The van der Waals surface area contributed by atoms with Crippen LogP contribution < -0.4 is 0 Å². The van der Waals surface area contributed by atoms with Crippen LogP contribution in [-0.4, -0.2) is 11.1 Å². The van der Waals surface area contributed by atoms with Gasteiger partial charge in [-0.05, 0) is 38.5 Å². The largest absolute Gasteiger partial charge is 0.481 e. The van der Waals surface area contributed by atoms with Crippen LogP contribution in [0.15, 0.2) is 36.5 Å². The van der Waals surface area contributed by atoms with Crippen LogP contribution in [0.1, 0.15) is 84.5 Å². The number of hydrogen-bond donors (Lipinski definition) is 1.